The number of hydrogen-bond acceptors (Lipinski definition) is 1. The van der Waals surface area contributed by atoms with Gasteiger partial charge < -0.3 is 2.85 Å². The van der Waals surface area contributed by atoms with Crippen molar-refractivity contribution in [2.75, 3.05) is 0 Å². The summed E-state index contributed by atoms with van der Waals surface area (Å²) >= 11 is 6.38. The molecule has 0 N–H and O–H groups in total. The number of hydrogen-bond donors (Lipinski definition) is 2. The molecular formula is CH4CaOS2. The van der Waals surface area contributed by atoms with Crippen molar-refractivity contribution >= 4 is 67.4 Å². The fourth-order valence-corrected chi connectivity index (χ4v) is 0. The van der Waals surface area contributed by atoms with Gasteiger partial charge in [0.15, 0.2) is 0 Å². The first-order valence-electron chi connectivity index (χ1n) is 0.651. The van der Waals surface area contributed by atoms with Crippen LogP contribution in [0.1, 0.15) is 2.85 Å². The van der Waals surface area contributed by atoms with Crippen LogP contribution in [0.25, 0.3) is 0 Å². The normalized spacial score (nSPS) is 5.20. The molecule has 0 rings (SSSR count). The topological polar surface area (TPSA) is 17.1 Å². The van der Waals surface area contributed by atoms with Crippen LogP contribution in [-0.2, 0) is 0 Å². The maximum Gasteiger partial charge on any atom is 2.00 e. The summed E-state index contributed by atoms with van der Waals surface area (Å²) in [4.78, 5) is 9.17. The van der Waals surface area contributed by atoms with Gasteiger partial charge in [-0.3, -0.25) is 4.79 Å². The van der Waals surface area contributed by atoms with Crippen LogP contribution in [0.5, 0.6) is 0 Å². The predicted molar refractivity (Wildman–Crippen MR) is 31.3 cm³/mol. The fraction of sp³-hybridized carbons (Fsp3) is 0. The second-order valence-electron chi connectivity index (χ2n) is 0.283. The zero-order valence-corrected chi connectivity index (χ0v) is 6.51. The third-order valence-electron chi connectivity index (χ3n) is 0. The van der Waals surface area contributed by atoms with Crippen molar-refractivity contribution in [1.29, 1.82) is 0 Å². The second-order valence-corrected chi connectivity index (χ2v) is 1.45. The molecule has 0 radical (unpaired) electrons. The van der Waals surface area contributed by atoms with Gasteiger partial charge in [-0.2, -0.15) is 0 Å². The molecule has 0 amide bonds. The van der Waals surface area contributed by atoms with Crippen molar-refractivity contribution in [1.82, 2.24) is 0 Å². The van der Waals surface area contributed by atoms with Gasteiger partial charge in [-0.25, -0.2) is 0 Å². The minimum absolute atomic E-state index is 0. The largest absolute Gasteiger partial charge is 2.00 e. The quantitative estimate of drug-likeness (QED) is 0.372. The number of thiol groups is 2. The van der Waals surface area contributed by atoms with Gasteiger partial charge in [0.25, 0.3) is 0 Å². The van der Waals surface area contributed by atoms with Gasteiger partial charge in [-0.1, -0.05) is 25.3 Å². The molecule has 28 valence electrons. The molecule has 1 nitrogen and oxygen atoms in total. The molecule has 5 heavy (non-hydrogen) atoms. The monoisotopic (exact) mass is 136 g/mol. The molecule has 0 aliphatic carbocycles. The van der Waals surface area contributed by atoms with E-state index in [9.17, 15) is 4.79 Å². The average Bonchev–Trinajstić information content (AvgIpc) is 0.811. The first kappa shape index (κ1) is 9.80. The third kappa shape index (κ3) is 27.9. The van der Waals surface area contributed by atoms with E-state index in [1.54, 1.807) is 0 Å². The van der Waals surface area contributed by atoms with Crippen molar-refractivity contribution in [3.63, 3.8) is 0 Å². The predicted octanol–water partition coefficient (Wildman–Crippen LogP) is 0.810. The summed E-state index contributed by atoms with van der Waals surface area (Å²) in [6, 6.07) is 0. The van der Waals surface area contributed by atoms with E-state index in [0.717, 1.165) is 0 Å². The maximum absolute atomic E-state index is 9.17. The van der Waals surface area contributed by atoms with Gasteiger partial charge >= 0.3 is 37.7 Å². The Kier molecular flexibility index (Phi) is 11.0. The number of rotatable bonds is 0. The molecule has 0 saturated carbocycles. The average molecular weight is 136 g/mol. The fourth-order valence-electron chi connectivity index (χ4n) is 0. The van der Waals surface area contributed by atoms with E-state index < -0.39 is 4.45 Å². The summed E-state index contributed by atoms with van der Waals surface area (Å²) in [5.41, 5.74) is 0. The summed E-state index contributed by atoms with van der Waals surface area (Å²) in [5, 5.41) is 0. The summed E-state index contributed by atoms with van der Waals surface area (Å²) in [7, 11) is 0. The Morgan fingerprint density at radius 2 is 1.60 bits per heavy atom. The number of carbonyl (C=O) groups excluding carboxylic acids is 1. The van der Waals surface area contributed by atoms with E-state index in [2.05, 4.69) is 25.3 Å². The Morgan fingerprint density at radius 3 is 1.60 bits per heavy atom. The van der Waals surface area contributed by atoms with E-state index in [0.29, 0.717) is 0 Å². The first-order valence-corrected chi connectivity index (χ1v) is 1.55. The maximum atomic E-state index is 9.17. The van der Waals surface area contributed by atoms with Crippen LogP contribution in [0.15, 0.2) is 0 Å². The van der Waals surface area contributed by atoms with Gasteiger partial charge in [-0.15, -0.1) is 0 Å². The van der Waals surface area contributed by atoms with Crippen LogP contribution < -0.4 is 0 Å². The minimum Gasteiger partial charge on any atom is -1.00 e. The van der Waals surface area contributed by atoms with Crippen molar-refractivity contribution in [3.8, 4) is 0 Å². The summed E-state index contributed by atoms with van der Waals surface area (Å²) in [6.45, 7) is 0. The molecule has 0 aromatic carbocycles. The molecule has 0 aliphatic heterocycles. The molecule has 0 heterocycles. The van der Waals surface area contributed by atoms with Gasteiger partial charge in [0, 0.05) is 0 Å². The Bertz CT molecular complexity index is 38.7. The molecule has 0 spiro atoms. The molecule has 0 aromatic heterocycles. The standard InChI is InChI=1S/CH2OS2.Ca.2H/c2-1(3)4;;;/h(H2,2,3,4);;;/q;+2;2*-1. The van der Waals surface area contributed by atoms with E-state index >= 15 is 0 Å². The van der Waals surface area contributed by atoms with Crippen LogP contribution >= 0.6 is 25.3 Å². The molecule has 0 aliphatic rings. The zero-order valence-electron chi connectivity index (χ0n) is 4.51. The Morgan fingerprint density at radius 1 is 1.60 bits per heavy atom. The third-order valence-corrected chi connectivity index (χ3v) is 0. The van der Waals surface area contributed by atoms with E-state index in [4.69, 9.17) is 0 Å². The Balaban J connectivity index is -0.0000000150. The van der Waals surface area contributed by atoms with Crippen molar-refractivity contribution in [2.45, 2.75) is 0 Å². The molecule has 0 atom stereocenters. The van der Waals surface area contributed by atoms with E-state index in [1.807, 2.05) is 0 Å². The van der Waals surface area contributed by atoms with Gasteiger partial charge in [0.1, 0.15) is 0 Å². The Hall–Kier alpha value is 1.63. The number of carbonyl (C=O) groups is 1. The minimum atomic E-state index is -0.444. The van der Waals surface area contributed by atoms with Gasteiger partial charge in [0.2, 0.25) is 4.45 Å². The molecule has 0 unspecified atom stereocenters. The molecular weight excluding hydrogens is 132 g/mol. The zero-order chi connectivity index (χ0) is 3.58. The molecule has 0 bridgehead atoms. The van der Waals surface area contributed by atoms with Crippen LogP contribution in [-0.4, -0.2) is 42.2 Å². The summed E-state index contributed by atoms with van der Waals surface area (Å²) in [6.07, 6.45) is 0. The van der Waals surface area contributed by atoms with E-state index in [1.165, 1.54) is 0 Å². The SMILES string of the molecule is O=C(S)S.[Ca+2].[H-].[H-]. The van der Waals surface area contributed by atoms with E-state index in [-0.39, 0.29) is 40.6 Å². The van der Waals surface area contributed by atoms with Gasteiger partial charge in [-0.05, 0) is 0 Å². The molecule has 4 heteroatoms. The van der Waals surface area contributed by atoms with Crippen LogP contribution in [0.3, 0.4) is 0 Å². The molecule has 0 saturated heterocycles. The summed E-state index contributed by atoms with van der Waals surface area (Å²) < 4.78 is -0.444. The second kappa shape index (κ2) is 5.63. The van der Waals surface area contributed by atoms with Crippen LogP contribution in [0.4, 0.5) is 4.79 Å². The smallest absolute Gasteiger partial charge is 1.00 e. The first-order chi connectivity index (χ1) is 1.73. The van der Waals surface area contributed by atoms with Crippen LogP contribution in [0.2, 0.25) is 0 Å². The van der Waals surface area contributed by atoms with Crippen molar-refractivity contribution in [2.24, 2.45) is 0 Å². The van der Waals surface area contributed by atoms with Crippen LogP contribution in [0, 0.1) is 0 Å². The van der Waals surface area contributed by atoms with Gasteiger partial charge in [0.05, 0.1) is 0 Å². The summed E-state index contributed by atoms with van der Waals surface area (Å²) in [5.74, 6) is 0. The van der Waals surface area contributed by atoms with Crippen molar-refractivity contribution in [3.05, 3.63) is 0 Å². The molecule has 0 aromatic rings. The van der Waals surface area contributed by atoms with Crippen molar-refractivity contribution < 1.29 is 7.65 Å². The Labute approximate surface area is 74.3 Å². The molecule has 0 fully saturated rings.